The van der Waals surface area contributed by atoms with Crippen LogP contribution in [-0.4, -0.2) is 59.0 Å². The Morgan fingerprint density at radius 1 is 1.20 bits per heavy atom. The third-order valence-corrected chi connectivity index (χ3v) is 6.41. The number of hydrogen-bond acceptors (Lipinski definition) is 7. The average Bonchev–Trinajstić information content (AvgIpc) is 2.84. The van der Waals surface area contributed by atoms with Crippen LogP contribution in [0.1, 0.15) is 61.4 Å². The molecule has 1 atom stereocenters. The molecule has 1 aromatic carbocycles. The highest BCUT2D eigenvalue weighted by Crippen LogP contribution is 2.37. The molecular weight excluding hydrogens is 472 g/mol. The number of aromatic hydroxyl groups is 2. The van der Waals surface area contributed by atoms with E-state index in [1.54, 1.807) is 11.0 Å². The summed E-state index contributed by atoms with van der Waals surface area (Å²) in [6, 6.07) is 1.02. The topological polar surface area (TPSA) is 109 Å². The molecule has 0 saturated carbocycles. The van der Waals surface area contributed by atoms with Crippen LogP contribution in [0.4, 0.5) is 0 Å². The molecule has 3 rings (SSSR count). The van der Waals surface area contributed by atoms with Gasteiger partial charge in [-0.05, 0) is 56.1 Å². The van der Waals surface area contributed by atoms with Crippen molar-refractivity contribution in [2.75, 3.05) is 26.3 Å². The number of nitrogens with zero attached hydrogens (tertiary/aromatic N) is 2. The van der Waals surface area contributed by atoms with Crippen LogP contribution in [0, 0.1) is 5.92 Å². The summed E-state index contributed by atoms with van der Waals surface area (Å²) in [5, 5.41) is 24.7. The SMILES string of the molecule is CC1/C=C/CCCOC(=O)c2c(O)cc(O)c(Cl)c2CC(=NOCC(=O)N2CCCCC2)/C=C/C1. The van der Waals surface area contributed by atoms with Gasteiger partial charge in [0.25, 0.3) is 5.91 Å². The van der Waals surface area contributed by atoms with Gasteiger partial charge in [0, 0.05) is 25.6 Å². The van der Waals surface area contributed by atoms with E-state index in [9.17, 15) is 19.8 Å². The molecule has 1 unspecified atom stereocenters. The van der Waals surface area contributed by atoms with Gasteiger partial charge in [0.05, 0.1) is 17.3 Å². The van der Waals surface area contributed by atoms with Gasteiger partial charge in [-0.2, -0.15) is 0 Å². The normalized spacial score (nSPS) is 22.9. The molecule has 0 aromatic heterocycles. The first kappa shape index (κ1) is 26.6. The predicted octanol–water partition coefficient (Wildman–Crippen LogP) is 4.77. The minimum Gasteiger partial charge on any atom is -0.507 e. The number of phenolic OH excluding ortho intramolecular Hbond substituents is 2. The zero-order valence-electron chi connectivity index (χ0n) is 20.0. The van der Waals surface area contributed by atoms with Crippen LogP contribution in [0.5, 0.6) is 11.5 Å². The van der Waals surface area contributed by atoms with Crippen molar-refractivity contribution >= 4 is 29.2 Å². The summed E-state index contributed by atoms with van der Waals surface area (Å²) >= 11 is 6.34. The number of rotatable bonds is 3. The summed E-state index contributed by atoms with van der Waals surface area (Å²) in [6.07, 6.45) is 13.0. The number of likely N-dealkylation sites (tertiary alicyclic amines) is 1. The highest BCUT2D eigenvalue weighted by atomic mass is 35.5. The van der Waals surface area contributed by atoms with Crippen molar-refractivity contribution in [1.82, 2.24) is 4.90 Å². The lowest BCUT2D eigenvalue weighted by atomic mass is 9.99. The first-order chi connectivity index (χ1) is 16.9. The van der Waals surface area contributed by atoms with Crippen LogP contribution >= 0.6 is 11.6 Å². The molecule has 1 amide bonds. The monoisotopic (exact) mass is 504 g/mol. The predicted molar refractivity (Wildman–Crippen MR) is 134 cm³/mol. The number of piperidine rings is 1. The lowest BCUT2D eigenvalue weighted by Crippen LogP contribution is -2.37. The number of cyclic esters (lactones) is 1. The van der Waals surface area contributed by atoms with E-state index in [0.29, 0.717) is 25.2 Å². The van der Waals surface area contributed by atoms with Crippen molar-refractivity contribution < 1.29 is 29.4 Å². The van der Waals surface area contributed by atoms with Crippen molar-refractivity contribution in [2.24, 2.45) is 11.1 Å². The lowest BCUT2D eigenvalue weighted by Gasteiger charge is -2.26. The summed E-state index contributed by atoms with van der Waals surface area (Å²) in [5.41, 5.74) is 0.421. The van der Waals surface area contributed by atoms with Crippen LogP contribution in [0.25, 0.3) is 0 Å². The van der Waals surface area contributed by atoms with E-state index < -0.39 is 11.7 Å². The highest BCUT2D eigenvalue weighted by Gasteiger charge is 2.25. The molecule has 1 aromatic rings. The molecule has 35 heavy (non-hydrogen) atoms. The van der Waals surface area contributed by atoms with Crippen LogP contribution in [0.3, 0.4) is 0 Å². The second-order valence-electron chi connectivity index (χ2n) is 8.88. The number of carbonyl (C=O) groups excluding carboxylic acids is 2. The Hall–Kier alpha value is -3.00. The maximum atomic E-state index is 12.8. The number of esters is 1. The van der Waals surface area contributed by atoms with E-state index in [4.69, 9.17) is 21.2 Å². The number of carbonyl (C=O) groups is 2. The maximum Gasteiger partial charge on any atom is 0.342 e. The molecule has 2 aliphatic rings. The number of phenols is 2. The Balaban J connectivity index is 1.88. The summed E-state index contributed by atoms with van der Waals surface area (Å²) in [4.78, 5) is 32.4. The van der Waals surface area contributed by atoms with E-state index >= 15 is 0 Å². The number of amides is 1. The van der Waals surface area contributed by atoms with Gasteiger partial charge in [-0.1, -0.05) is 41.9 Å². The molecule has 0 radical (unpaired) electrons. The smallest absolute Gasteiger partial charge is 0.342 e. The summed E-state index contributed by atoms with van der Waals surface area (Å²) in [5.74, 6) is -1.39. The minimum atomic E-state index is -0.740. The molecule has 190 valence electrons. The fraction of sp³-hybridized carbons (Fsp3) is 0.500. The van der Waals surface area contributed by atoms with Crippen LogP contribution < -0.4 is 0 Å². The molecule has 0 spiro atoms. The Morgan fingerprint density at radius 2 is 1.97 bits per heavy atom. The summed E-state index contributed by atoms with van der Waals surface area (Å²) < 4.78 is 5.35. The van der Waals surface area contributed by atoms with Gasteiger partial charge in [-0.3, -0.25) is 4.79 Å². The van der Waals surface area contributed by atoms with Crippen LogP contribution in [-0.2, 0) is 20.8 Å². The fourth-order valence-electron chi connectivity index (χ4n) is 4.05. The number of benzene rings is 1. The van der Waals surface area contributed by atoms with Crippen LogP contribution in [0.2, 0.25) is 5.02 Å². The molecule has 1 saturated heterocycles. The van der Waals surface area contributed by atoms with Crippen molar-refractivity contribution in [3.05, 3.63) is 46.5 Å². The largest absolute Gasteiger partial charge is 0.507 e. The molecule has 0 bridgehead atoms. The fourth-order valence-corrected chi connectivity index (χ4v) is 4.27. The maximum absolute atomic E-state index is 12.8. The Labute approximate surface area is 210 Å². The molecule has 2 heterocycles. The van der Waals surface area contributed by atoms with Crippen molar-refractivity contribution in [3.8, 4) is 11.5 Å². The number of halogens is 1. The molecule has 0 aliphatic carbocycles. The van der Waals surface area contributed by atoms with Crippen molar-refractivity contribution in [2.45, 2.75) is 51.9 Å². The van der Waals surface area contributed by atoms with Crippen molar-refractivity contribution in [3.63, 3.8) is 0 Å². The van der Waals surface area contributed by atoms with Gasteiger partial charge in [0.2, 0.25) is 0 Å². The number of oxime groups is 1. The summed E-state index contributed by atoms with van der Waals surface area (Å²) in [6.45, 7) is 3.49. The van der Waals surface area contributed by atoms with Gasteiger partial charge in [0.1, 0.15) is 17.1 Å². The zero-order valence-corrected chi connectivity index (χ0v) is 20.8. The first-order valence-corrected chi connectivity index (χ1v) is 12.4. The summed E-state index contributed by atoms with van der Waals surface area (Å²) in [7, 11) is 0. The zero-order chi connectivity index (χ0) is 25.2. The van der Waals surface area contributed by atoms with E-state index in [1.807, 2.05) is 6.08 Å². The second-order valence-corrected chi connectivity index (χ2v) is 9.26. The third-order valence-electron chi connectivity index (χ3n) is 5.99. The Bertz CT molecular complexity index is 998. The number of ether oxygens (including phenoxy) is 1. The minimum absolute atomic E-state index is 0.0240. The number of allylic oxidation sites excluding steroid dienone is 4. The molecule has 1 fully saturated rings. The number of fused-ring (bicyclic) bond motifs is 1. The van der Waals surface area contributed by atoms with E-state index in [2.05, 4.69) is 24.2 Å². The van der Waals surface area contributed by atoms with Crippen molar-refractivity contribution in [1.29, 1.82) is 0 Å². The molecule has 8 nitrogen and oxygen atoms in total. The third kappa shape index (κ3) is 7.75. The second kappa shape index (κ2) is 13.2. The first-order valence-electron chi connectivity index (χ1n) is 12.1. The lowest BCUT2D eigenvalue weighted by molar-refractivity contribution is -0.137. The van der Waals surface area contributed by atoms with E-state index in [1.165, 1.54) is 0 Å². The van der Waals surface area contributed by atoms with Gasteiger partial charge < -0.3 is 24.7 Å². The number of hydrogen-bond donors (Lipinski definition) is 2. The van der Waals surface area contributed by atoms with Crippen LogP contribution in [0.15, 0.2) is 35.5 Å². The average molecular weight is 505 g/mol. The van der Waals surface area contributed by atoms with Gasteiger partial charge in [0.15, 0.2) is 6.61 Å². The highest BCUT2D eigenvalue weighted by molar-refractivity contribution is 6.33. The molecule has 2 aliphatic heterocycles. The Kier molecular flexibility index (Phi) is 10.0. The Morgan fingerprint density at radius 3 is 2.74 bits per heavy atom. The van der Waals surface area contributed by atoms with Gasteiger partial charge >= 0.3 is 5.97 Å². The van der Waals surface area contributed by atoms with E-state index in [-0.39, 0.29) is 53.4 Å². The molecular formula is C26H33ClN2O6. The molecule has 2 N–H and O–H groups in total. The quantitative estimate of drug-likeness (QED) is 0.349. The molecule has 9 heteroatoms. The standard InChI is InChI=1S/C26H33ClN2O6/c1-18-9-4-2-7-14-34-26(33)24-20(25(27)22(31)16-21(24)30)15-19(11-8-10-18)28-35-17-23(32)29-12-5-3-6-13-29/h4,8-9,11,16,18,30-31H,2-3,5-7,10,12-15,17H2,1H3/b9-4+,11-8+,28-19?. The van der Waals surface area contributed by atoms with Gasteiger partial charge in [-0.25, -0.2) is 4.79 Å². The van der Waals surface area contributed by atoms with Gasteiger partial charge in [-0.15, -0.1) is 0 Å². The van der Waals surface area contributed by atoms with E-state index in [0.717, 1.165) is 38.2 Å².